The van der Waals surface area contributed by atoms with Crippen LogP contribution in [0, 0.1) is 12.8 Å². The molecule has 2 nitrogen and oxygen atoms in total. The largest absolute Gasteiger partial charge is 0.311 e. The van der Waals surface area contributed by atoms with E-state index in [0.29, 0.717) is 12.1 Å². The molecule has 0 aliphatic carbocycles. The van der Waals surface area contributed by atoms with Crippen LogP contribution < -0.4 is 5.32 Å². The van der Waals surface area contributed by atoms with Crippen molar-refractivity contribution >= 4 is 11.3 Å². The summed E-state index contributed by atoms with van der Waals surface area (Å²) >= 11 is 1.90. The Labute approximate surface area is 109 Å². The van der Waals surface area contributed by atoms with Crippen molar-refractivity contribution in [2.24, 2.45) is 5.92 Å². The Hall–Kier alpha value is -0.380. The van der Waals surface area contributed by atoms with Gasteiger partial charge in [-0.05, 0) is 36.8 Å². The number of nitrogens with zero attached hydrogens (tertiary/aromatic N) is 1. The van der Waals surface area contributed by atoms with E-state index in [9.17, 15) is 0 Å². The van der Waals surface area contributed by atoms with Crippen LogP contribution in [0.5, 0.6) is 0 Å². The highest BCUT2D eigenvalue weighted by molar-refractivity contribution is 7.10. The highest BCUT2D eigenvalue weighted by Gasteiger charge is 2.28. The van der Waals surface area contributed by atoms with Crippen molar-refractivity contribution in [2.75, 3.05) is 13.1 Å². The minimum atomic E-state index is 0.616. The van der Waals surface area contributed by atoms with Gasteiger partial charge in [0.2, 0.25) is 0 Å². The smallest absolute Gasteiger partial charge is 0.0334 e. The standard InChI is InChI=1S/C14H24N2S/c1-10(2)13-7-15-12(4)8-16(13)9-14-11(3)5-6-17-14/h5-6,10,12-13,15H,7-9H2,1-4H3. The molecule has 0 amide bonds. The Balaban J connectivity index is 2.07. The molecule has 1 N–H and O–H groups in total. The van der Waals surface area contributed by atoms with E-state index in [-0.39, 0.29) is 0 Å². The van der Waals surface area contributed by atoms with Gasteiger partial charge in [0.25, 0.3) is 0 Å². The first-order valence-corrected chi connectivity index (χ1v) is 7.46. The third-order valence-electron chi connectivity index (χ3n) is 3.74. The molecule has 1 aromatic rings. The Kier molecular flexibility index (Phi) is 4.23. The SMILES string of the molecule is Cc1ccsc1CN1CC(C)NCC1C(C)C. The van der Waals surface area contributed by atoms with Crippen LogP contribution in [0.4, 0.5) is 0 Å². The average Bonchev–Trinajstić information content (AvgIpc) is 2.64. The molecule has 0 bridgehead atoms. The van der Waals surface area contributed by atoms with E-state index in [1.54, 1.807) is 0 Å². The van der Waals surface area contributed by atoms with Gasteiger partial charge in [0.05, 0.1) is 0 Å². The lowest BCUT2D eigenvalue weighted by atomic mass is 9.98. The van der Waals surface area contributed by atoms with Crippen molar-refractivity contribution < 1.29 is 0 Å². The quantitative estimate of drug-likeness (QED) is 0.890. The second-order valence-corrected chi connectivity index (χ2v) is 6.58. The number of piperazine rings is 1. The summed E-state index contributed by atoms with van der Waals surface area (Å²) in [4.78, 5) is 4.19. The molecule has 1 aliphatic rings. The molecular formula is C14H24N2S. The van der Waals surface area contributed by atoms with Crippen molar-refractivity contribution in [1.82, 2.24) is 10.2 Å². The molecule has 1 saturated heterocycles. The summed E-state index contributed by atoms with van der Waals surface area (Å²) in [6.45, 7) is 12.6. The fraction of sp³-hybridized carbons (Fsp3) is 0.714. The minimum absolute atomic E-state index is 0.616. The fourth-order valence-corrected chi connectivity index (χ4v) is 3.52. The van der Waals surface area contributed by atoms with Crippen LogP contribution in [0.1, 0.15) is 31.2 Å². The topological polar surface area (TPSA) is 15.3 Å². The first-order valence-electron chi connectivity index (χ1n) is 6.58. The third kappa shape index (κ3) is 3.09. The molecule has 0 saturated carbocycles. The molecule has 0 radical (unpaired) electrons. The number of rotatable bonds is 3. The maximum atomic E-state index is 3.60. The van der Waals surface area contributed by atoms with Crippen molar-refractivity contribution in [3.63, 3.8) is 0 Å². The first-order chi connectivity index (χ1) is 8.08. The molecule has 17 heavy (non-hydrogen) atoms. The molecule has 2 rings (SSSR count). The van der Waals surface area contributed by atoms with Crippen molar-refractivity contribution in [3.05, 3.63) is 21.9 Å². The predicted molar refractivity (Wildman–Crippen MR) is 75.6 cm³/mol. The molecule has 2 atom stereocenters. The Morgan fingerprint density at radius 1 is 1.53 bits per heavy atom. The van der Waals surface area contributed by atoms with Crippen molar-refractivity contribution in [1.29, 1.82) is 0 Å². The van der Waals surface area contributed by atoms with Gasteiger partial charge in [-0.3, -0.25) is 4.90 Å². The van der Waals surface area contributed by atoms with Gasteiger partial charge in [-0.2, -0.15) is 0 Å². The van der Waals surface area contributed by atoms with Gasteiger partial charge in [0, 0.05) is 36.6 Å². The Bertz CT molecular complexity index is 359. The summed E-state index contributed by atoms with van der Waals surface area (Å²) in [6, 6.07) is 3.52. The average molecular weight is 252 g/mol. The molecule has 2 heterocycles. The summed E-state index contributed by atoms with van der Waals surface area (Å²) in [7, 11) is 0. The van der Waals surface area contributed by atoms with Gasteiger partial charge >= 0.3 is 0 Å². The van der Waals surface area contributed by atoms with Gasteiger partial charge in [-0.1, -0.05) is 13.8 Å². The normalized spacial score (nSPS) is 26.6. The van der Waals surface area contributed by atoms with Crippen molar-refractivity contribution in [2.45, 2.75) is 46.3 Å². The summed E-state index contributed by atoms with van der Waals surface area (Å²) in [5, 5.41) is 5.81. The van der Waals surface area contributed by atoms with E-state index in [0.717, 1.165) is 19.0 Å². The minimum Gasteiger partial charge on any atom is -0.311 e. The second-order valence-electron chi connectivity index (χ2n) is 5.58. The van der Waals surface area contributed by atoms with Crippen LogP contribution in [0.3, 0.4) is 0 Å². The highest BCUT2D eigenvalue weighted by atomic mass is 32.1. The molecule has 1 aromatic heterocycles. The van der Waals surface area contributed by atoms with Crippen molar-refractivity contribution in [3.8, 4) is 0 Å². The summed E-state index contributed by atoms with van der Waals surface area (Å²) < 4.78 is 0. The lowest BCUT2D eigenvalue weighted by Gasteiger charge is -2.41. The maximum absolute atomic E-state index is 3.60. The van der Waals surface area contributed by atoms with E-state index in [2.05, 4.69) is 49.4 Å². The summed E-state index contributed by atoms with van der Waals surface area (Å²) in [5.41, 5.74) is 1.45. The molecule has 2 unspecified atom stereocenters. The van der Waals surface area contributed by atoms with Gasteiger partial charge in [0.15, 0.2) is 0 Å². The molecule has 1 fully saturated rings. The van der Waals surface area contributed by atoms with Crippen LogP contribution in [-0.2, 0) is 6.54 Å². The van der Waals surface area contributed by atoms with E-state index in [1.165, 1.54) is 17.0 Å². The monoisotopic (exact) mass is 252 g/mol. The number of thiophene rings is 1. The molecule has 3 heteroatoms. The third-order valence-corrected chi connectivity index (χ3v) is 4.75. The molecule has 0 aromatic carbocycles. The number of hydrogen-bond donors (Lipinski definition) is 1. The van der Waals surface area contributed by atoms with E-state index in [1.807, 2.05) is 11.3 Å². The predicted octanol–water partition coefficient (Wildman–Crippen LogP) is 2.87. The molecule has 1 aliphatic heterocycles. The van der Waals surface area contributed by atoms with E-state index < -0.39 is 0 Å². The Morgan fingerprint density at radius 2 is 2.29 bits per heavy atom. The van der Waals surface area contributed by atoms with Crippen LogP contribution >= 0.6 is 11.3 Å². The number of nitrogens with one attached hydrogen (secondary N) is 1. The van der Waals surface area contributed by atoms with E-state index >= 15 is 0 Å². The van der Waals surface area contributed by atoms with Gasteiger partial charge in [-0.25, -0.2) is 0 Å². The zero-order chi connectivity index (χ0) is 12.4. The van der Waals surface area contributed by atoms with Crippen LogP contribution in [-0.4, -0.2) is 30.1 Å². The lowest BCUT2D eigenvalue weighted by molar-refractivity contribution is 0.0965. The first kappa shape index (κ1) is 13.1. The summed E-state index contributed by atoms with van der Waals surface area (Å²) in [5.74, 6) is 0.718. The number of aryl methyl sites for hydroxylation is 1. The van der Waals surface area contributed by atoms with Crippen LogP contribution in [0.2, 0.25) is 0 Å². The molecular weight excluding hydrogens is 228 g/mol. The lowest BCUT2D eigenvalue weighted by Crippen LogP contribution is -2.56. The number of hydrogen-bond acceptors (Lipinski definition) is 3. The van der Waals surface area contributed by atoms with Gasteiger partial charge in [0.1, 0.15) is 0 Å². The van der Waals surface area contributed by atoms with E-state index in [4.69, 9.17) is 0 Å². The zero-order valence-electron chi connectivity index (χ0n) is 11.4. The van der Waals surface area contributed by atoms with Crippen LogP contribution in [0.15, 0.2) is 11.4 Å². The Morgan fingerprint density at radius 3 is 2.88 bits per heavy atom. The molecule has 96 valence electrons. The van der Waals surface area contributed by atoms with Gasteiger partial charge in [-0.15, -0.1) is 11.3 Å². The fourth-order valence-electron chi connectivity index (χ4n) is 2.59. The maximum Gasteiger partial charge on any atom is 0.0334 e. The van der Waals surface area contributed by atoms with Crippen LogP contribution in [0.25, 0.3) is 0 Å². The summed E-state index contributed by atoms with van der Waals surface area (Å²) in [6.07, 6.45) is 0. The highest BCUT2D eigenvalue weighted by Crippen LogP contribution is 2.23. The van der Waals surface area contributed by atoms with Gasteiger partial charge < -0.3 is 5.32 Å². The molecule has 0 spiro atoms. The zero-order valence-corrected chi connectivity index (χ0v) is 12.2. The second kappa shape index (κ2) is 5.51.